The summed E-state index contributed by atoms with van der Waals surface area (Å²) in [6.07, 6.45) is 0.154. The zero-order chi connectivity index (χ0) is 9.14. The van der Waals surface area contributed by atoms with Crippen LogP contribution in [-0.4, -0.2) is 53.0 Å². The molecule has 0 aromatic carbocycles. The zero-order valence-electron chi connectivity index (χ0n) is 7.48. The fourth-order valence-corrected chi connectivity index (χ4v) is 1.43. The van der Waals surface area contributed by atoms with Gasteiger partial charge in [0.1, 0.15) is 0 Å². The minimum atomic E-state index is -0.470. The van der Waals surface area contributed by atoms with Gasteiger partial charge in [0, 0.05) is 25.7 Å². The van der Waals surface area contributed by atoms with E-state index in [4.69, 9.17) is 10.8 Å². The first-order valence-corrected chi connectivity index (χ1v) is 4.43. The highest BCUT2D eigenvalue weighted by Crippen LogP contribution is 2.08. The lowest BCUT2D eigenvalue weighted by Crippen LogP contribution is -2.43. The quantitative estimate of drug-likeness (QED) is 0.500. The lowest BCUT2D eigenvalue weighted by atomic mass is 10.2. The van der Waals surface area contributed by atoms with E-state index < -0.39 is 6.10 Å². The fraction of sp³-hybridized carbons (Fsp3) is 1.00. The maximum atomic E-state index is 9.21. The summed E-state index contributed by atoms with van der Waals surface area (Å²) in [7, 11) is 0. The van der Waals surface area contributed by atoms with Gasteiger partial charge in [0.2, 0.25) is 0 Å². The molecule has 0 radical (unpaired) electrons. The normalized spacial score (nSPS) is 30.5. The van der Waals surface area contributed by atoms with Crippen molar-refractivity contribution in [1.29, 1.82) is 0 Å². The summed E-state index contributed by atoms with van der Waals surface area (Å²) < 4.78 is 0. The largest absolute Gasteiger partial charge is 0.392 e. The predicted octanol–water partition coefficient (Wildman–Crippen LogP) is -1.24. The Kier molecular flexibility index (Phi) is 3.46. The van der Waals surface area contributed by atoms with Crippen LogP contribution in [-0.2, 0) is 0 Å². The SMILES string of the molecule is C[C@@H](O)[C@H](N)CN1CC[C@@H](O)C1. The average molecular weight is 174 g/mol. The van der Waals surface area contributed by atoms with Gasteiger partial charge in [0.25, 0.3) is 0 Å². The second-order valence-electron chi connectivity index (χ2n) is 3.61. The van der Waals surface area contributed by atoms with Gasteiger partial charge in [-0.2, -0.15) is 0 Å². The number of nitrogens with two attached hydrogens (primary N) is 1. The van der Waals surface area contributed by atoms with Gasteiger partial charge in [-0.25, -0.2) is 0 Å². The first-order valence-electron chi connectivity index (χ1n) is 4.43. The molecule has 72 valence electrons. The maximum Gasteiger partial charge on any atom is 0.0679 e. The first-order chi connectivity index (χ1) is 5.59. The molecule has 4 nitrogen and oxygen atoms in total. The summed E-state index contributed by atoms with van der Waals surface area (Å²) in [4.78, 5) is 2.09. The molecule has 4 N–H and O–H groups in total. The molecule has 0 unspecified atom stereocenters. The molecule has 1 aliphatic heterocycles. The van der Waals surface area contributed by atoms with Crippen LogP contribution in [0.1, 0.15) is 13.3 Å². The second kappa shape index (κ2) is 4.18. The average Bonchev–Trinajstić information content (AvgIpc) is 2.35. The Morgan fingerprint density at radius 2 is 2.33 bits per heavy atom. The van der Waals surface area contributed by atoms with Crippen molar-refractivity contribution in [1.82, 2.24) is 4.90 Å². The van der Waals surface area contributed by atoms with E-state index in [1.54, 1.807) is 6.92 Å². The monoisotopic (exact) mass is 174 g/mol. The highest BCUT2D eigenvalue weighted by molar-refractivity contribution is 4.79. The van der Waals surface area contributed by atoms with Crippen molar-refractivity contribution in [2.45, 2.75) is 31.6 Å². The van der Waals surface area contributed by atoms with Crippen molar-refractivity contribution < 1.29 is 10.2 Å². The number of β-amino-alcohol motifs (C(OH)–C–C–N with tert-alkyl or cyclic N) is 1. The molecule has 1 rings (SSSR count). The summed E-state index contributed by atoms with van der Waals surface area (Å²) in [6.45, 7) is 3.95. The van der Waals surface area contributed by atoms with E-state index in [2.05, 4.69) is 4.90 Å². The first kappa shape index (κ1) is 9.92. The highest BCUT2D eigenvalue weighted by Gasteiger charge is 2.22. The third-order valence-electron chi connectivity index (χ3n) is 2.34. The standard InChI is InChI=1S/C8H18N2O2/c1-6(11)8(9)5-10-3-2-7(12)4-10/h6-8,11-12H,2-5,9H2,1H3/t6-,7-,8-/m1/s1. The molecular formula is C8H18N2O2. The lowest BCUT2D eigenvalue weighted by Gasteiger charge is -2.21. The molecule has 1 saturated heterocycles. The molecule has 1 heterocycles. The van der Waals surface area contributed by atoms with Crippen LogP contribution in [0.3, 0.4) is 0 Å². The lowest BCUT2D eigenvalue weighted by molar-refractivity contribution is 0.130. The van der Waals surface area contributed by atoms with Crippen molar-refractivity contribution in [2.24, 2.45) is 5.73 Å². The van der Waals surface area contributed by atoms with E-state index in [-0.39, 0.29) is 12.1 Å². The summed E-state index contributed by atoms with van der Waals surface area (Å²) in [5.74, 6) is 0. The number of aliphatic hydroxyl groups is 2. The molecular weight excluding hydrogens is 156 g/mol. The number of hydrogen-bond acceptors (Lipinski definition) is 4. The smallest absolute Gasteiger partial charge is 0.0679 e. The minimum Gasteiger partial charge on any atom is -0.392 e. The van der Waals surface area contributed by atoms with Gasteiger partial charge >= 0.3 is 0 Å². The highest BCUT2D eigenvalue weighted by atomic mass is 16.3. The molecule has 0 aliphatic carbocycles. The molecule has 3 atom stereocenters. The van der Waals surface area contributed by atoms with Crippen molar-refractivity contribution in [3.63, 3.8) is 0 Å². The number of aliphatic hydroxyl groups excluding tert-OH is 2. The number of rotatable bonds is 3. The molecule has 12 heavy (non-hydrogen) atoms. The minimum absolute atomic E-state index is 0.199. The van der Waals surface area contributed by atoms with Gasteiger partial charge in [-0.3, -0.25) is 4.90 Å². The van der Waals surface area contributed by atoms with Crippen molar-refractivity contribution in [2.75, 3.05) is 19.6 Å². The van der Waals surface area contributed by atoms with Crippen LogP contribution in [0.15, 0.2) is 0 Å². The number of nitrogens with zero attached hydrogens (tertiary/aromatic N) is 1. The molecule has 1 fully saturated rings. The maximum absolute atomic E-state index is 9.21. The number of likely N-dealkylation sites (tertiary alicyclic amines) is 1. The Hall–Kier alpha value is -0.160. The summed E-state index contributed by atoms with van der Waals surface area (Å²) in [5.41, 5.74) is 5.67. The molecule has 0 spiro atoms. The van der Waals surface area contributed by atoms with E-state index in [1.165, 1.54) is 0 Å². The van der Waals surface area contributed by atoms with Crippen LogP contribution in [0, 0.1) is 0 Å². The van der Waals surface area contributed by atoms with Gasteiger partial charge in [-0.1, -0.05) is 0 Å². The Morgan fingerprint density at radius 3 is 2.75 bits per heavy atom. The van der Waals surface area contributed by atoms with E-state index in [0.717, 1.165) is 13.0 Å². The van der Waals surface area contributed by atoms with Gasteiger partial charge in [-0.05, 0) is 13.3 Å². The Morgan fingerprint density at radius 1 is 1.67 bits per heavy atom. The van der Waals surface area contributed by atoms with E-state index in [9.17, 15) is 5.11 Å². The van der Waals surface area contributed by atoms with Crippen LogP contribution < -0.4 is 5.73 Å². The Balaban J connectivity index is 2.23. The van der Waals surface area contributed by atoms with Crippen LogP contribution in [0.25, 0.3) is 0 Å². The van der Waals surface area contributed by atoms with Crippen LogP contribution >= 0.6 is 0 Å². The van der Waals surface area contributed by atoms with Crippen molar-refractivity contribution in [3.05, 3.63) is 0 Å². The molecule has 0 bridgehead atoms. The molecule has 1 aliphatic rings. The van der Waals surface area contributed by atoms with Gasteiger partial charge < -0.3 is 15.9 Å². The van der Waals surface area contributed by atoms with Crippen LogP contribution in [0.4, 0.5) is 0 Å². The van der Waals surface area contributed by atoms with E-state index in [0.29, 0.717) is 13.1 Å². The third kappa shape index (κ3) is 2.71. The van der Waals surface area contributed by atoms with Gasteiger partial charge in [0.15, 0.2) is 0 Å². The summed E-state index contributed by atoms with van der Waals surface area (Å²) in [6, 6.07) is -0.199. The number of hydrogen-bond donors (Lipinski definition) is 3. The fourth-order valence-electron chi connectivity index (χ4n) is 1.43. The van der Waals surface area contributed by atoms with Crippen LogP contribution in [0.5, 0.6) is 0 Å². The van der Waals surface area contributed by atoms with Crippen molar-refractivity contribution in [3.8, 4) is 0 Å². The molecule has 4 heteroatoms. The Labute approximate surface area is 73.0 Å². The Bertz CT molecular complexity index is 141. The van der Waals surface area contributed by atoms with Gasteiger partial charge in [-0.15, -0.1) is 0 Å². The van der Waals surface area contributed by atoms with E-state index in [1.807, 2.05) is 0 Å². The summed E-state index contributed by atoms with van der Waals surface area (Å²) in [5, 5.41) is 18.3. The van der Waals surface area contributed by atoms with Gasteiger partial charge in [0.05, 0.1) is 12.2 Å². The molecule has 0 saturated carbocycles. The molecule has 0 aromatic rings. The van der Waals surface area contributed by atoms with Crippen LogP contribution in [0.2, 0.25) is 0 Å². The molecule has 0 aromatic heterocycles. The van der Waals surface area contributed by atoms with Crippen molar-refractivity contribution >= 4 is 0 Å². The van der Waals surface area contributed by atoms with E-state index >= 15 is 0 Å². The molecule has 0 amide bonds. The zero-order valence-corrected chi connectivity index (χ0v) is 7.48. The second-order valence-corrected chi connectivity index (χ2v) is 3.61. The predicted molar refractivity (Wildman–Crippen MR) is 46.7 cm³/mol. The summed E-state index contributed by atoms with van der Waals surface area (Å²) >= 11 is 0. The third-order valence-corrected chi connectivity index (χ3v) is 2.34. The topological polar surface area (TPSA) is 69.7 Å².